The van der Waals surface area contributed by atoms with Gasteiger partial charge in [0.25, 0.3) is 5.91 Å². The molecule has 0 aliphatic carbocycles. The lowest BCUT2D eigenvalue weighted by Crippen LogP contribution is -2.12. The van der Waals surface area contributed by atoms with Gasteiger partial charge in [0.2, 0.25) is 0 Å². The Hall–Kier alpha value is -3.92. The van der Waals surface area contributed by atoms with Gasteiger partial charge < -0.3 is 10.4 Å². The lowest BCUT2D eigenvalue weighted by atomic mass is 9.93. The van der Waals surface area contributed by atoms with Gasteiger partial charge in [0.15, 0.2) is 0 Å². The van der Waals surface area contributed by atoms with Crippen LogP contribution in [0.4, 0.5) is 5.69 Å². The van der Waals surface area contributed by atoms with Crippen LogP contribution in [-0.2, 0) is 0 Å². The zero-order valence-corrected chi connectivity index (χ0v) is 16.8. The summed E-state index contributed by atoms with van der Waals surface area (Å²) in [5, 5.41) is 13.9. The van der Waals surface area contributed by atoms with E-state index < -0.39 is 5.97 Å². The molecule has 148 valence electrons. The van der Waals surface area contributed by atoms with Crippen molar-refractivity contribution in [1.82, 2.24) is 0 Å². The molecular formula is C26H21NO3. The number of anilines is 1. The molecule has 4 aromatic carbocycles. The second kappa shape index (κ2) is 7.84. The van der Waals surface area contributed by atoms with Gasteiger partial charge in [-0.05, 0) is 77.7 Å². The number of rotatable bonds is 4. The molecule has 0 bridgehead atoms. The van der Waals surface area contributed by atoms with Gasteiger partial charge in [0.05, 0.1) is 5.56 Å². The lowest BCUT2D eigenvalue weighted by Gasteiger charge is -2.12. The van der Waals surface area contributed by atoms with E-state index in [1.54, 1.807) is 18.2 Å². The predicted octanol–water partition coefficient (Wildman–Crippen LogP) is 6.07. The van der Waals surface area contributed by atoms with Crippen LogP contribution in [0.5, 0.6) is 0 Å². The Balaban J connectivity index is 1.70. The Kier molecular flexibility index (Phi) is 5.07. The van der Waals surface area contributed by atoms with Crippen LogP contribution in [0, 0.1) is 13.8 Å². The normalized spacial score (nSPS) is 10.7. The maximum atomic E-state index is 12.8. The third-order valence-corrected chi connectivity index (χ3v) is 5.21. The van der Waals surface area contributed by atoms with Crippen LogP contribution in [-0.4, -0.2) is 17.0 Å². The molecule has 0 saturated heterocycles. The molecule has 4 nitrogen and oxygen atoms in total. The fourth-order valence-electron chi connectivity index (χ4n) is 3.66. The van der Waals surface area contributed by atoms with Gasteiger partial charge >= 0.3 is 5.97 Å². The van der Waals surface area contributed by atoms with Crippen molar-refractivity contribution in [3.63, 3.8) is 0 Å². The molecule has 4 heteroatoms. The molecule has 0 aliphatic heterocycles. The Bertz CT molecular complexity index is 1270. The lowest BCUT2D eigenvalue weighted by molar-refractivity contribution is 0.0696. The average Bonchev–Trinajstić information content (AvgIpc) is 2.73. The Morgan fingerprint density at radius 1 is 0.767 bits per heavy atom. The molecule has 0 radical (unpaired) electrons. The van der Waals surface area contributed by atoms with E-state index >= 15 is 0 Å². The van der Waals surface area contributed by atoms with E-state index in [1.165, 1.54) is 23.3 Å². The topological polar surface area (TPSA) is 66.4 Å². The van der Waals surface area contributed by atoms with Gasteiger partial charge in [-0.25, -0.2) is 4.79 Å². The Morgan fingerprint density at radius 3 is 2.20 bits per heavy atom. The van der Waals surface area contributed by atoms with E-state index in [0.717, 1.165) is 21.9 Å². The number of nitrogens with one attached hydrogen (secondary N) is 1. The molecular weight excluding hydrogens is 374 g/mol. The van der Waals surface area contributed by atoms with Crippen molar-refractivity contribution >= 4 is 28.3 Å². The van der Waals surface area contributed by atoms with Gasteiger partial charge in [-0.2, -0.15) is 0 Å². The highest BCUT2D eigenvalue weighted by molar-refractivity contribution is 6.08. The molecule has 0 fully saturated rings. The van der Waals surface area contributed by atoms with Crippen molar-refractivity contribution in [3.8, 4) is 11.1 Å². The third kappa shape index (κ3) is 3.80. The quantitative estimate of drug-likeness (QED) is 0.440. The number of hydrogen-bond acceptors (Lipinski definition) is 2. The molecule has 4 aromatic rings. The van der Waals surface area contributed by atoms with Gasteiger partial charge in [-0.1, -0.05) is 48.0 Å². The van der Waals surface area contributed by atoms with E-state index in [1.807, 2.05) is 24.3 Å². The second-order valence-corrected chi connectivity index (χ2v) is 7.40. The number of aromatic carboxylic acids is 1. The largest absolute Gasteiger partial charge is 0.478 e. The second-order valence-electron chi connectivity index (χ2n) is 7.40. The summed E-state index contributed by atoms with van der Waals surface area (Å²) in [4.78, 5) is 23.8. The molecule has 0 saturated carbocycles. The minimum atomic E-state index is -0.999. The van der Waals surface area contributed by atoms with E-state index in [2.05, 4.69) is 43.4 Å². The van der Waals surface area contributed by atoms with Crippen LogP contribution in [0.3, 0.4) is 0 Å². The molecule has 0 aromatic heterocycles. The third-order valence-electron chi connectivity index (χ3n) is 5.21. The van der Waals surface area contributed by atoms with Crippen LogP contribution >= 0.6 is 0 Å². The number of carboxylic acid groups (broad SMARTS) is 1. The molecule has 2 N–H and O–H groups in total. The van der Waals surface area contributed by atoms with Crippen molar-refractivity contribution in [1.29, 1.82) is 0 Å². The van der Waals surface area contributed by atoms with E-state index in [-0.39, 0.29) is 11.5 Å². The Morgan fingerprint density at radius 2 is 1.50 bits per heavy atom. The number of amides is 1. The predicted molar refractivity (Wildman–Crippen MR) is 120 cm³/mol. The van der Waals surface area contributed by atoms with Gasteiger partial charge in [0.1, 0.15) is 0 Å². The monoisotopic (exact) mass is 395 g/mol. The molecule has 0 heterocycles. The van der Waals surface area contributed by atoms with Crippen LogP contribution < -0.4 is 5.32 Å². The molecule has 0 spiro atoms. The minimum absolute atomic E-state index is 0.178. The van der Waals surface area contributed by atoms with E-state index in [4.69, 9.17) is 5.11 Å². The number of hydrogen-bond donors (Lipinski definition) is 2. The fraction of sp³-hybridized carbons (Fsp3) is 0.0769. The van der Waals surface area contributed by atoms with Gasteiger partial charge in [-0.15, -0.1) is 0 Å². The first-order valence-corrected chi connectivity index (χ1v) is 9.67. The maximum absolute atomic E-state index is 12.8. The zero-order valence-electron chi connectivity index (χ0n) is 16.8. The highest BCUT2D eigenvalue weighted by Crippen LogP contribution is 2.32. The van der Waals surface area contributed by atoms with Gasteiger partial charge in [-0.3, -0.25) is 4.79 Å². The highest BCUT2D eigenvalue weighted by atomic mass is 16.4. The van der Waals surface area contributed by atoms with Gasteiger partial charge in [0, 0.05) is 11.3 Å². The summed E-state index contributed by atoms with van der Waals surface area (Å²) in [5.74, 6) is -1.24. The summed E-state index contributed by atoms with van der Waals surface area (Å²) in [6.07, 6.45) is 0. The maximum Gasteiger partial charge on any atom is 0.335 e. The number of fused-ring (bicyclic) bond motifs is 1. The highest BCUT2D eigenvalue weighted by Gasteiger charge is 2.12. The number of carbonyl (C=O) groups is 2. The van der Waals surface area contributed by atoms with Crippen molar-refractivity contribution in [2.24, 2.45) is 0 Å². The molecule has 0 atom stereocenters. The van der Waals surface area contributed by atoms with Crippen LogP contribution in [0.15, 0.2) is 78.9 Å². The summed E-state index contributed by atoms with van der Waals surface area (Å²) >= 11 is 0. The minimum Gasteiger partial charge on any atom is -0.478 e. The van der Waals surface area contributed by atoms with E-state index in [9.17, 15) is 9.59 Å². The Labute approximate surface area is 174 Å². The van der Waals surface area contributed by atoms with E-state index in [0.29, 0.717) is 11.3 Å². The number of carboxylic acids is 1. The molecule has 0 aliphatic rings. The zero-order chi connectivity index (χ0) is 21.3. The summed E-state index contributed by atoms with van der Waals surface area (Å²) in [6, 6.07) is 24.3. The molecule has 30 heavy (non-hydrogen) atoms. The number of benzene rings is 4. The molecule has 0 unspecified atom stereocenters. The van der Waals surface area contributed by atoms with Crippen LogP contribution in [0.1, 0.15) is 31.8 Å². The summed E-state index contributed by atoms with van der Waals surface area (Å²) in [6.45, 7) is 4.17. The number of aryl methyl sites for hydroxylation is 2. The SMILES string of the molecule is Cc1ccc(-c2cccc3ccc(C(=O)Nc4ccc(C(=O)O)cc4)cc23)c(C)c1. The van der Waals surface area contributed by atoms with Crippen molar-refractivity contribution < 1.29 is 14.7 Å². The molecule has 4 rings (SSSR count). The summed E-state index contributed by atoms with van der Waals surface area (Å²) in [5.41, 5.74) is 5.91. The van der Waals surface area contributed by atoms with Crippen molar-refractivity contribution in [2.45, 2.75) is 13.8 Å². The summed E-state index contributed by atoms with van der Waals surface area (Å²) in [7, 11) is 0. The van der Waals surface area contributed by atoms with Crippen molar-refractivity contribution in [2.75, 3.05) is 5.32 Å². The smallest absolute Gasteiger partial charge is 0.335 e. The molecule has 1 amide bonds. The first-order valence-electron chi connectivity index (χ1n) is 9.67. The first-order chi connectivity index (χ1) is 14.4. The first kappa shape index (κ1) is 19.4. The average molecular weight is 395 g/mol. The van der Waals surface area contributed by atoms with Crippen molar-refractivity contribution in [3.05, 3.63) is 101 Å². The summed E-state index contributed by atoms with van der Waals surface area (Å²) < 4.78 is 0. The van der Waals surface area contributed by atoms with Crippen LogP contribution in [0.2, 0.25) is 0 Å². The standard InChI is InChI=1S/C26H21NO3/c1-16-6-13-22(17(2)14-16)23-5-3-4-18-7-8-20(15-24(18)23)25(28)27-21-11-9-19(10-12-21)26(29)30/h3-15H,1-2H3,(H,27,28)(H,29,30). The van der Waals surface area contributed by atoms with Crippen LogP contribution in [0.25, 0.3) is 21.9 Å². The fourth-order valence-corrected chi connectivity index (χ4v) is 3.66. The number of carbonyl (C=O) groups excluding carboxylic acids is 1.